The van der Waals surface area contributed by atoms with Gasteiger partial charge in [-0.25, -0.2) is 5.01 Å². The van der Waals surface area contributed by atoms with Crippen LogP contribution in [0.5, 0.6) is 0 Å². The summed E-state index contributed by atoms with van der Waals surface area (Å²) in [6.07, 6.45) is 11.3. The van der Waals surface area contributed by atoms with E-state index in [9.17, 15) is 0 Å². The molecule has 72 valence electrons. The van der Waals surface area contributed by atoms with Crippen molar-refractivity contribution < 1.29 is 0 Å². The van der Waals surface area contributed by atoms with Crippen molar-refractivity contribution in [3.63, 3.8) is 0 Å². The zero-order valence-corrected chi connectivity index (χ0v) is 8.03. The minimum atomic E-state index is 0.814. The van der Waals surface area contributed by atoms with Gasteiger partial charge >= 0.3 is 0 Å². The first-order valence-corrected chi connectivity index (χ1v) is 4.82. The van der Waals surface area contributed by atoms with E-state index in [0.29, 0.717) is 0 Å². The first kappa shape index (κ1) is 9.04. The Hall–Kier alpha value is -1.53. The Kier molecular flexibility index (Phi) is 2.66. The van der Waals surface area contributed by atoms with Gasteiger partial charge in [-0.1, -0.05) is 5.92 Å². The van der Waals surface area contributed by atoms with Crippen molar-refractivity contribution in [2.45, 2.75) is 12.8 Å². The monoisotopic (exact) mass is 187 g/mol. The molecule has 1 aliphatic rings. The van der Waals surface area contributed by atoms with Crippen molar-refractivity contribution >= 4 is 5.69 Å². The molecule has 0 radical (unpaired) electrons. The minimum Gasteiger partial charge on any atom is -0.317 e. The first-order chi connectivity index (χ1) is 6.88. The smallest absolute Gasteiger partial charge is 0.0685 e. The molecule has 0 atom stereocenters. The number of terminal acetylenes is 1. The normalized spacial score (nSPS) is 16.5. The second-order valence-electron chi connectivity index (χ2n) is 3.41. The molecule has 1 N–H and O–H groups in total. The Bertz CT molecular complexity index is 348. The van der Waals surface area contributed by atoms with Crippen molar-refractivity contribution in [3.05, 3.63) is 24.0 Å². The SMILES string of the molecule is C#Cc1cncc(NN2CCCC2)c1. The predicted octanol–water partition coefficient (Wildman–Crippen LogP) is 1.49. The summed E-state index contributed by atoms with van der Waals surface area (Å²) < 4.78 is 0. The average molecular weight is 187 g/mol. The predicted molar refractivity (Wildman–Crippen MR) is 56.6 cm³/mol. The van der Waals surface area contributed by atoms with Crippen LogP contribution in [0, 0.1) is 12.3 Å². The summed E-state index contributed by atoms with van der Waals surface area (Å²) in [4.78, 5) is 4.07. The van der Waals surface area contributed by atoms with Gasteiger partial charge in [0.05, 0.1) is 11.9 Å². The van der Waals surface area contributed by atoms with Crippen LogP contribution in [0.1, 0.15) is 18.4 Å². The fourth-order valence-corrected chi connectivity index (χ4v) is 1.59. The van der Waals surface area contributed by atoms with Crippen molar-refractivity contribution in [2.75, 3.05) is 18.5 Å². The molecule has 0 bridgehead atoms. The Morgan fingerprint density at radius 2 is 2.14 bits per heavy atom. The zero-order chi connectivity index (χ0) is 9.80. The molecule has 0 aromatic carbocycles. The first-order valence-electron chi connectivity index (χ1n) is 4.82. The molecule has 1 aromatic heterocycles. The number of aromatic nitrogens is 1. The molecular weight excluding hydrogens is 174 g/mol. The van der Waals surface area contributed by atoms with Crippen LogP contribution in [0.25, 0.3) is 0 Å². The van der Waals surface area contributed by atoms with Gasteiger partial charge in [0, 0.05) is 24.8 Å². The van der Waals surface area contributed by atoms with Crippen LogP contribution >= 0.6 is 0 Å². The Morgan fingerprint density at radius 1 is 1.36 bits per heavy atom. The highest BCUT2D eigenvalue weighted by atomic mass is 15.5. The third kappa shape index (κ3) is 2.04. The van der Waals surface area contributed by atoms with Gasteiger partial charge in [0.15, 0.2) is 0 Å². The lowest BCUT2D eigenvalue weighted by Crippen LogP contribution is -2.26. The number of hydrogen-bond donors (Lipinski definition) is 1. The van der Waals surface area contributed by atoms with E-state index < -0.39 is 0 Å². The molecule has 0 amide bonds. The molecule has 1 aliphatic heterocycles. The van der Waals surface area contributed by atoms with E-state index in [4.69, 9.17) is 6.42 Å². The third-order valence-corrected chi connectivity index (χ3v) is 2.30. The topological polar surface area (TPSA) is 28.2 Å². The fourth-order valence-electron chi connectivity index (χ4n) is 1.59. The highest BCUT2D eigenvalue weighted by Gasteiger charge is 2.10. The standard InChI is InChI=1S/C11H13N3/c1-2-10-7-11(9-12-8-10)13-14-5-3-4-6-14/h1,7-9,13H,3-6H2. The van der Waals surface area contributed by atoms with Crippen LogP contribution < -0.4 is 5.43 Å². The molecular formula is C11H13N3. The highest BCUT2D eigenvalue weighted by molar-refractivity contribution is 5.46. The zero-order valence-electron chi connectivity index (χ0n) is 8.03. The second-order valence-corrected chi connectivity index (χ2v) is 3.41. The Morgan fingerprint density at radius 3 is 2.86 bits per heavy atom. The summed E-state index contributed by atoms with van der Waals surface area (Å²) in [6, 6.07) is 1.94. The van der Waals surface area contributed by atoms with Crippen molar-refractivity contribution in [1.82, 2.24) is 9.99 Å². The lowest BCUT2D eigenvalue weighted by atomic mass is 10.3. The number of hydrazine groups is 1. The van der Waals surface area contributed by atoms with Gasteiger partial charge in [0.1, 0.15) is 0 Å². The van der Waals surface area contributed by atoms with Crippen molar-refractivity contribution in [2.24, 2.45) is 0 Å². The molecule has 2 rings (SSSR count). The van der Waals surface area contributed by atoms with Crippen molar-refractivity contribution in [3.8, 4) is 12.3 Å². The van der Waals surface area contributed by atoms with Crippen LogP contribution in [-0.4, -0.2) is 23.1 Å². The molecule has 0 unspecified atom stereocenters. The number of rotatable bonds is 2. The molecule has 14 heavy (non-hydrogen) atoms. The van der Waals surface area contributed by atoms with E-state index in [1.54, 1.807) is 12.4 Å². The number of nitrogens with one attached hydrogen (secondary N) is 1. The molecule has 1 fully saturated rings. The number of hydrogen-bond acceptors (Lipinski definition) is 3. The van der Waals surface area contributed by atoms with E-state index >= 15 is 0 Å². The van der Waals surface area contributed by atoms with Gasteiger partial charge in [0.2, 0.25) is 0 Å². The van der Waals surface area contributed by atoms with Crippen LogP contribution in [0.15, 0.2) is 18.5 Å². The quantitative estimate of drug-likeness (QED) is 0.711. The minimum absolute atomic E-state index is 0.814. The molecule has 0 aliphatic carbocycles. The van der Waals surface area contributed by atoms with Crippen molar-refractivity contribution in [1.29, 1.82) is 0 Å². The van der Waals surface area contributed by atoms with E-state index in [1.807, 2.05) is 6.07 Å². The molecule has 3 heteroatoms. The van der Waals surface area contributed by atoms with Crippen LogP contribution in [0.4, 0.5) is 5.69 Å². The Labute approximate surface area is 84.1 Å². The van der Waals surface area contributed by atoms with E-state index in [0.717, 1.165) is 24.3 Å². The third-order valence-electron chi connectivity index (χ3n) is 2.30. The van der Waals surface area contributed by atoms with Gasteiger partial charge in [0.25, 0.3) is 0 Å². The maximum Gasteiger partial charge on any atom is 0.0685 e. The lowest BCUT2D eigenvalue weighted by molar-refractivity contribution is 0.410. The number of pyridine rings is 1. The fraction of sp³-hybridized carbons (Fsp3) is 0.364. The van der Waals surface area contributed by atoms with Crippen LogP contribution in [0.2, 0.25) is 0 Å². The maximum atomic E-state index is 5.30. The van der Waals surface area contributed by atoms with Gasteiger partial charge in [-0.2, -0.15) is 0 Å². The summed E-state index contributed by atoms with van der Waals surface area (Å²) in [5.41, 5.74) is 5.08. The molecule has 3 nitrogen and oxygen atoms in total. The Balaban J connectivity index is 2.05. The van der Waals surface area contributed by atoms with Crippen LogP contribution in [0.3, 0.4) is 0 Å². The summed E-state index contributed by atoms with van der Waals surface area (Å²) >= 11 is 0. The summed E-state index contributed by atoms with van der Waals surface area (Å²) in [5.74, 6) is 2.57. The van der Waals surface area contributed by atoms with Crippen LogP contribution in [-0.2, 0) is 0 Å². The summed E-state index contributed by atoms with van der Waals surface area (Å²) in [5, 5.41) is 2.19. The second kappa shape index (κ2) is 4.12. The largest absolute Gasteiger partial charge is 0.317 e. The van der Waals surface area contributed by atoms with Gasteiger partial charge in [-0.15, -0.1) is 6.42 Å². The lowest BCUT2D eigenvalue weighted by Gasteiger charge is -2.17. The number of anilines is 1. The number of nitrogens with zero attached hydrogens (tertiary/aromatic N) is 2. The van der Waals surface area contributed by atoms with Gasteiger partial charge in [-0.3, -0.25) is 4.98 Å². The van der Waals surface area contributed by atoms with E-state index in [1.165, 1.54) is 12.8 Å². The summed E-state index contributed by atoms with van der Waals surface area (Å²) in [6.45, 7) is 2.20. The molecule has 0 spiro atoms. The van der Waals surface area contributed by atoms with Gasteiger partial charge < -0.3 is 5.43 Å². The molecule has 0 saturated carbocycles. The molecule has 2 heterocycles. The van der Waals surface area contributed by atoms with E-state index in [-0.39, 0.29) is 0 Å². The molecule has 1 saturated heterocycles. The maximum absolute atomic E-state index is 5.30. The highest BCUT2D eigenvalue weighted by Crippen LogP contribution is 2.12. The molecule has 1 aromatic rings. The average Bonchev–Trinajstić information content (AvgIpc) is 2.71. The summed E-state index contributed by atoms with van der Waals surface area (Å²) in [7, 11) is 0. The van der Waals surface area contributed by atoms with Gasteiger partial charge in [-0.05, 0) is 18.9 Å². The van der Waals surface area contributed by atoms with E-state index in [2.05, 4.69) is 21.3 Å².